The molecule has 0 fully saturated rings. The topological polar surface area (TPSA) is 90.1 Å². The number of benzene rings is 2. The first kappa shape index (κ1) is 24.2. The van der Waals surface area contributed by atoms with Crippen LogP contribution < -0.4 is 5.73 Å². The van der Waals surface area contributed by atoms with Crippen molar-refractivity contribution in [3.05, 3.63) is 88.0 Å². The van der Waals surface area contributed by atoms with E-state index in [4.69, 9.17) is 5.73 Å². The smallest absolute Gasteiger partial charge is 0.364 e. The van der Waals surface area contributed by atoms with Gasteiger partial charge in [-0.1, -0.05) is 0 Å². The third-order valence-electron chi connectivity index (χ3n) is 4.84. The minimum absolute atomic E-state index is 0.0960. The zero-order valence-electron chi connectivity index (χ0n) is 16.7. The number of rotatable bonds is 5. The molecule has 174 valence electrons. The summed E-state index contributed by atoms with van der Waals surface area (Å²) in [5.41, 5.74) is 3.65. The third-order valence-corrected chi connectivity index (χ3v) is 6.61. The Morgan fingerprint density at radius 2 is 1.64 bits per heavy atom. The number of amides is 1. The van der Waals surface area contributed by atoms with E-state index in [9.17, 15) is 39.6 Å². The van der Waals surface area contributed by atoms with Gasteiger partial charge in [-0.15, -0.1) is 0 Å². The van der Waals surface area contributed by atoms with Crippen LogP contribution in [0.2, 0.25) is 0 Å². The van der Waals surface area contributed by atoms with Crippen LogP contribution >= 0.6 is 0 Å². The molecule has 3 rings (SSSR count). The van der Waals surface area contributed by atoms with E-state index in [0.29, 0.717) is 29.8 Å². The van der Waals surface area contributed by atoms with Gasteiger partial charge in [-0.25, -0.2) is 21.6 Å². The molecule has 0 saturated carbocycles. The molecule has 0 spiro atoms. The van der Waals surface area contributed by atoms with E-state index in [1.807, 2.05) is 0 Å². The van der Waals surface area contributed by atoms with Crippen LogP contribution in [-0.2, 0) is 22.4 Å². The maximum Gasteiger partial charge on any atom is 0.416 e. The summed E-state index contributed by atoms with van der Waals surface area (Å²) in [5.74, 6) is -5.88. The molecular weight excluding hydrogens is 474 g/mol. The maximum atomic E-state index is 14.7. The number of alkyl halides is 3. The predicted octanol–water partition coefficient (Wildman–Crippen LogP) is 4.35. The van der Waals surface area contributed by atoms with E-state index >= 15 is 0 Å². The van der Waals surface area contributed by atoms with E-state index in [1.165, 1.54) is 13.0 Å². The van der Waals surface area contributed by atoms with E-state index in [0.717, 1.165) is 6.20 Å². The van der Waals surface area contributed by atoms with Crippen molar-refractivity contribution in [2.24, 2.45) is 5.73 Å². The minimum Gasteiger partial charge on any atom is -0.364 e. The van der Waals surface area contributed by atoms with Crippen LogP contribution in [0.1, 0.15) is 32.7 Å². The summed E-state index contributed by atoms with van der Waals surface area (Å²) in [6, 6.07) is 3.58. The van der Waals surface area contributed by atoms with Gasteiger partial charge in [0.25, 0.3) is 5.91 Å². The number of aromatic nitrogens is 1. The average molecular weight is 488 g/mol. The van der Waals surface area contributed by atoms with Crippen molar-refractivity contribution in [3.8, 4) is 0 Å². The first-order valence-electron chi connectivity index (χ1n) is 9.07. The number of carbonyl (C=O) groups is 1. The van der Waals surface area contributed by atoms with Crippen LogP contribution in [0, 0.1) is 24.4 Å². The highest BCUT2D eigenvalue weighted by Crippen LogP contribution is 2.33. The Balaban J connectivity index is 2.03. The zero-order chi connectivity index (χ0) is 24.7. The standard InChI is InChI=1S/C21H14F6N2O3S/c1-10-6-16(20(28)30)29-9-11(10)7-14-15(22)8-17(19(24)18(14)23)33(31,32)13-4-2-12(3-5-13)21(25,26)27/h2-6,8-9H,7H2,1H3,(H2,28,30). The molecule has 0 radical (unpaired) electrons. The van der Waals surface area contributed by atoms with Crippen molar-refractivity contribution in [3.63, 3.8) is 0 Å². The number of halogens is 6. The van der Waals surface area contributed by atoms with Gasteiger partial charge in [0.05, 0.1) is 10.5 Å². The van der Waals surface area contributed by atoms with Gasteiger partial charge < -0.3 is 5.73 Å². The van der Waals surface area contributed by atoms with Gasteiger partial charge in [0.2, 0.25) is 9.84 Å². The number of hydrogen-bond donors (Lipinski definition) is 1. The fourth-order valence-corrected chi connectivity index (χ4v) is 4.35. The number of primary amides is 1. The Morgan fingerprint density at radius 3 is 2.15 bits per heavy atom. The van der Waals surface area contributed by atoms with Crippen LogP contribution in [0.15, 0.2) is 52.4 Å². The number of nitrogens with zero attached hydrogens (tertiary/aromatic N) is 1. The molecule has 0 aliphatic heterocycles. The van der Waals surface area contributed by atoms with Crippen molar-refractivity contribution in [2.45, 2.75) is 29.3 Å². The molecule has 0 unspecified atom stereocenters. The third kappa shape index (κ3) is 4.70. The number of nitrogens with two attached hydrogens (primary N) is 1. The van der Waals surface area contributed by atoms with Crippen molar-refractivity contribution >= 4 is 15.7 Å². The number of pyridine rings is 1. The highest BCUT2D eigenvalue weighted by atomic mass is 32.2. The van der Waals surface area contributed by atoms with Crippen LogP contribution in [-0.4, -0.2) is 19.3 Å². The van der Waals surface area contributed by atoms with Crippen molar-refractivity contribution in [2.75, 3.05) is 0 Å². The number of aryl methyl sites for hydroxylation is 1. The molecule has 1 heterocycles. The number of carbonyl (C=O) groups excluding carboxylic acids is 1. The second-order valence-corrected chi connectivity index (χ2v) is 8.94. The molecule has 3 aromatic rings. The first-order valence-corrected chi connectivity index (χ1v) is 10.6. The molecule has 0 aliphatic carbocycles. The Labute approximate surface area is 183 Å². The summed E-state index contributed by atoms with van der Waals surface area (Å²) >= 11 is 0. The predicted molar refractivity (Wildman–Crippen MR) is 104 cm³/mol. The lowest BCUT2D eigenvalue weighted by atomic mass is 10.0. The molecule has 0 bridgehead atoms. The van der Waals surface area contributed by atoms with Crippen molar-refractivity contribution < 1.29 is 39.6 Å². The molecule has 2 aromatic carbocycles. The van der Waals surface area contributed by atoms with Gasteiger partial charge in [-0.2, -0.15) is 13.2 Å². The fraction of sp³-hybridized carbons (Fsp3) is 0.143. The SMILES string of the molecule is Cc1cc(C(N)=O)ncc1Cc1c(F)cc(S(=O)(=O)c2ccc(C(F)(F)F)cc2)c(F)c1F. The van der Waals surface area contributed by atoms with Crippen LogP contribution in [0.5, 0.6) is 0 Å². The second kappa shape index (κ2) is 8.50. The van der Waals surface area contributed by atoms with Crippen LogP contribution in [0.4, 0.5) is 26.3 Å². The summed E-state index contributed by atoms with van der Waals surface area (Å²) in [4.78, 5) is 12.8. The summed E-state index contributed by atoms with van der Waals surface area (Å²) < 4.78 is 107. The van der Waals surface area contributed by atoms with Crippen molar-refractivity contribution in [1.29, 1.82) is 0 Å². The maximum absolute atomic E-state index is 14.7. The Morgan fingerprint density at radius 1 is 1.03 bits per heavy atom. The first-order chi connectivity index (χ1) is 15.2. The molecule has 1 aromatic heterocycles. The molecule has 0 aliphatic rings. The average Bonchev–Trinajstić information content (AvgIpc) is 2.74. The zero-order valence-corrected chi connectivity index (χ0v) is 17.5. The molecule has 12 heteroatoms. The highest BCUT2D eigenvalue weighted by Gasteiger charge is 2.32. The Kier molecular flexibility index (Phi) is 6.25. The quantitative estimate of drug-likeness (QED) is 0.427. The van der Waals surface area contributed by atoms with Gasteiger partial charge in [0.15, 0.2) is 11.6 Å². The normalized spacial score (nSPS) is 12.1. The molecule has 0 atom stereocenters. The highest BCUT2D eigenvalue weighted by molar-refractivity contribution is 7.91. The summed E-state index contributed by atoms with van der Waals surface area (Å²) in [6.45, 7) is 1.50. The van der Waals surface area contributed by atoms with Crippen LogP contribution in [0.3, 0.4) is 0 Å². The Hall–Kier alpha value is -3.41. The van der Waals surface area contributed by atoms with Crippen molar-refractivity contribution in [1.82, 2.24) is 4.98 Å². The Bertz CT molecular complexity index is 1350. The second-order valence-electron chi connectivity index (χ2n) is 7.03. The number of sulfone groups is 1. The molecular formula is C21H14F6N2O3S. The van der Waals surface area contributed by atoms with Gasteiger partial charge in [-0.05, 0) is 54.4 Å². The number of hydrogen-bond acceptors (Lipinski definition) is 4. The van der Waals surface area contributed by atoms with Gasteiger partial charge >= 0.3 is 6.18 Å². The minimum atomic E-state index is -4.88. The molecule has 1 amide bonds. The van der Waals surface area contributed by atoms with E-state index in [1.54, 1.807) is 0 Å². The molecule has 33 heavy (non-hydrogen) atoms. The van der Waals surface area contributed by atoms with E-state index < -0.39 is 66.7 Å². The van der Waals surface area contributed by atoms with E-state index in [2.05, 4.69) is 4.98 Å². The largest absolute Gasteiger partial charge is 0.416 e. The fourth-order valence-electron chi connectivity index (χ4n) is 3.01. The summed E-state index contributed by atoms with van der Waals surface area (Å²) in [7, 11) is -4.88. The summed E-state index contributed by atoms with van der Waals surface area (Å²) in [5, 5.41) is 0. The van der Waals surface area contributed by atoms with Gasteiger partial charge in [0, 0.05) is 18.2 Å². The summed E-state index contributed by atoms with van der Waals surface area (Å²) in [6.07, 6.45) is -4.14. The lowest BCUT2D eigenvalue weighted by molar-refractivity contribution is -0.137. The van der Waals surface area contributed by atoms with E-state index in [-0.39, 0.29) is 17.3 Å². The molecule has 5 nitrogen and oxygen atoms in total. The van der Waals surface area contributed by atoms with Crippen LogP contribution in [0.25, 0.3) is 0 Å². The van der Waals surface area contributed by atoms with Gasteiger partial charge in [0.1, 0.15) is 16.4 Å². The molecule has 0 saturated heterocycles. The van der Waals surface area contributed by atoms with Gasteiger partial charge in [-0.3, -0.25) is 9.78 Å². The molecule has 2 N–H and O–H groups in total. The lowest BCUT2D eigenvalue weighted by Gasteiger charge is -2.13. The lowest BCUT2D eigenvalue weighted by Crippen LogP contribution is -2.14. The monoisotopic (exact) mass is 488 g/mol.